The third-order valence-electron chi connectivity index (χ3n) is 7.07. The first-order valence-electron chi connectivity index (χ1n) is 13.0. The number of carbonyl (C=O) groups excluding carboxylic acids is 1. The van der Waals surface area contributed by atoms with E-state index in [2.05, 4.69) is 42.3 Å². The van der Waals surface area contributed by atoms with E-state index in [1.165, 1.54) is 0 Å². The molecule has 8 heteroatoms. The van der Waals surface area contributed by atoms with Crippen molar-refractivity contribution in [1.82, 2.24) is 24.8 Å². The number of pyridine rings is 2. The summed E-state index contributed by atoms with van der Waals surface area (Å²) in [5.74, 6) is -0.0574. The summed E-state index contributed by atoms with van der Waals surface area (Å²) in [6.45, 7) is 1.10. The fraction of sp³-hybridized carbons (Fsp3) is 0.161. The van der Waals surface area contributed by atoms with Gasteiger partial charge in [0.2, 0.25) is 5.91 Å². The highest BCUT2D eigenvalue weighted by atomic mass is 32.1. The molecule has 1 aliphatic rings. The smallest absolute Gasteiger partial charge is 0.226 e. The highest BCUT2D eigenvalue weighted by molar-refractivity contribution is 7.80. The van der Waals surface area contributed by atoms with Crippen LogP contribution >= 0.6 is 12.2 Å². The van der Waals surface area contributed by atoms with Gasteiger partial charge in [-0.25, -0.2) is 0 Å². The van der Waals surface area contributed by atoms with Crippen molar-refractivity contribution < 1.29 is 4.79 Å². The van der Waals surface area contributed by atoms with Gasteiger partial charge in [-0.2, -0.15) is 0 Å². The molecule has 6 rings (SSSR count). The van der Waals surface area contributed by atoms with Gasteiger partial charge in [0.25, 0.3) is 0 Å². The fourth-order valence-corrected chi connectivity index (χ4v) is 5.57. The molecule has 39 heavy (non-hydrogen) atoms. The van der Waals surface area contributed by atoms with Gasteiger partial charge in [0, 0.05) is 48.3 Å². The normalized spacial score (nSPS) is 16.8. The van der Waals surface area contributed by atoms with Gasteiger partial charge < -0.3 is 20.1 Å². The fourth-order valence-electron chi connectivity index (χ4n) is 5.24. The number of anilines is 1. The van der Waals surface area contributed by atoms with Crippen LogP contribution in [0.3, 0.4) is 0 Å². The zero-order chi connectivity index (χ0) is 26.6. The van der Waals surface area contributed by atoms with Gasteiger partial charge in [0.15, 0.2) is 5.11 Å². The van der Waals surface area contributed by atoms with E-state index >= 15 is 0 Å². The maximum atomic E-state index is 13.1. The molecule has 0 aliphatic carbocycles. The molecular formula is C31H28N6OS. The molecule has 0 radical (unpaired) electrons. The van der Waals surface area contributed by atoms with E-state index in [0.717, 1.165) is 33.5 Å². The average Bonchev–Trinajstić information content (AvgIpc) is 3.56. The molecule has 2 N–H and O–H groups in total. The summed E-state index contributed by atoms with van der Waals surface area (Å²) in [4.78, 5) is 24.4. The minimum Gasteiger partial charge on any atom is -0.352 e. The SMILES string of the molecule is O=C(CCN1C(=S)N[C@H](c2ccccn2)[C@H]1c1cccn1Cc1ccccn1)Nc1cccc2ccccc12. The molecule has 0 bridgehead atoms. The van der Waals surface area contributed by atoms with Crippen molar-refractivity contribution in [2.45, 2.75) is 25.0 Å². The third kappa shape index (κ3) is 5.24. The van der Waals surface area contributed by atoms with Gasteiger partial charge in [-0.3, -0.25) is 14.8 Å². The van der Waals surface area contributed by atoms with Crippen LogP contribution in [-0.2, 0) is 11.3 Å². The molecule has 1 fully saturated rings. The van der Waals surface area contributed by atoms with Crippen LogP contribution in [0.5, 0.6) is 0 Å². The van der Waals surface area contributed by atoms with Crippen molar-refractivity contribution in [2.75, 3.05) is 11.9 Å². The minimum atomic E-state index is -0.155. The molecular weight excluding hydrogens is 504 g/mol. The average molecular weight is 533 g/mol. The lowest BCUT2D eigenvalue weighted by molar-refractivity contribution is -0.116. The number of fused-ring (bicyclic) bond motifs is 1. The van der Waals surface area contributed by atoms with E-state index in [-0.39, 0.29) is 24.4 Å². The number of hydrogen-bond acceptors (Lipinski definition) is 4. The topological polar surface area (TPSA) is 75.1 Å². The third-order valence-corrected chi connectivity index (χ3v) is 7.42. The molecule has 1 saturated heterocycles. The van der Waals surface area contributed by atoms with Crippen LogP contribution < -0.4 is 10.6 Å². The van der Waals surface area contributed by atoms with Gasteiger partial charge in [0.1, 0.15) is 0 Å². The lowest BCUT2D eigenvalue weighted by atomic mass is 10.0. The van der Waals surface area contributed by atoms with Gasteiger partial charge in [-0.1, -0.05) is 48.5 Å². The maximum absolute atomic E-state index is 13.1. The van der Waals surface area contributed by atoms with Crippen molar-refractivity contribution in [3.8, 4) is 0 Å². The summed E-state index contributed by atoms with van der Waals surface area (Å²) in [7, 11) is 0. The number of nitrogens with one attached hydrogen (secondary N) is 2. The predicted molar refractivity (Wildman–Crippen MR) is 157 cm³/mol. The Balaban J connectivity index is 1.26. The summed E-state index contributed by atoms with van der Waals surface area (Å²) in [5, 5.41) is 9.31. The number of benzene rings is 2. The second-order valence-electron chi connectivity index (χ2n) is 9.53. The monoisotopic (exact) mass is 532 g/mol. The minimum absolute atomic E-state index is 0.0574. The van der Waals surface area contributed by atoms with Crippen molar-refractivity contribution >= 4 is 39.7 Å². The summed E-state index contributed by atoms with van der Waals surface area (Å²) >= 11 is 5.82. The van der Waals surface area contributed by atoms with Crippen LogP contribution in [0.4, 0.5) is 5.69 Å². The number of carbonyl (C=O) groups is 1. The Bertz CT molecular complexity index is 1600. The number of amides is 1. The molecule has 0 spiro atoms. The summed E-state index contributed by atoms with van der Waals surface area (Å²) < 4.78 is 2.20. The molecule has 1 aliphatic heterocycles. The van der Waals surface area contributed by atoms with E-state index in [1.807, 2.05) is 91.1 Å². The quantitative estimate of drug-likeness (QED) is 0.258. The van der Waals surface area contributed by atoms with Crippen molar-refractivity contribution in [2.24, 2.45) is 0 Å². The molecule has 4 heterocycles. The summed E-state index contributed by atoms with van der Waals surface area (Å²) in [6.07, 6.45) is 5.95. The van der Waals surface area contributed by atoms with Gasteiger partial charge >= 0.3 is 0 Å². The largest absolute Gasteiger partial charge is 0.352 e. The Morgan fingerprint density at radius 2 is 1.69 bits per heavy atom. The molecule has 0 saturated carbocycles. The highest BCUT2D eigenvalue weighted by Gasteiger charge is 2.41. The van der Waals surface area contributed by atoms with Crippen LogP contribution in [0, 0.1) is 0 Å². The number of nitrogens with zero attached hydrogens (tertiary/aromatic N) is 4. The molecule has 1 amide bonds. The van der Waals surface area contributed by atoms with Gasteiger partial charge in [0.05, 0.1) is 30.0 Å². The zero-order valence-corrected chi connectivity index (χ0v) is 22.1. The van der Waals surface area contributed by atoms with Gasteiger partial charge in [-0.05, 0) is 60.1 Å². The number of thiocarbonyl (C=S) groups is 1. The maximum Gasteiger partial charge on any atom is 0.226 e. The Hall–Kier alpha value is -4.56. The van der Waals surface area contributed by atoms with E-state index in [4.69, 9.17) is 12.2 Å². The Labute approximate surface area is 232 Å². The lowest BCUT2D eigenvalue weighted by Gasteiger charge is -2.28. The standard InChI is InChI=1S/C31H28N6OS/c38-28(34-25-14-7-10-22-9-1-2-12-24(22)25)16-20-37-30(29(35-31(37)39)26-13-4-6-18-33-26)27-15-8-19-36(27)21-23-11-3-5-17-32-23/h1-15,17-19,29-30H,16,20-21H2,(H,34,38)(H,35,39)/t29-,30-/m1/s1. The van der Waals surface area contributed by atoms with E-state index in [0.29, 0.717) is 18.2 Å². The molecule has 7 nitrogen and oxygen atoms in total. The lowest BCUT2D eigenvalue weighted by Crippen LogP contribution is -2.33. The zero-order valence-electron chi connectivity index (χ0n) is 21.3. The van der Waals surface area contributed by atoms with Crippen LogP contribution in [0.25, 0.3) is 10.8 Å². The first kappa shape index (κ1) is 24.8. The number of hydrogen-bond donors (Lipinski definition) is 2. The molecule has 3 aromatic heterocycles. The Kier molecular flexibility index (Phi) is 7.01. The summed E-state index contributed by atoms with van der Waals surface area (Å²) in [5.41, 5.74) is 3.77. The summed E-state index contributed by atoms with van der Waals surface area (Å²) in [6, 6.07) is 29.7. The predicted octanol–water partition coefficient (Wildman–Crippen LogP) is 5.48. The second kappa shape index (κ2) is 11.0. The van der Waals surface area contributed by atoms with E-state index in [1.54, 1.807) is 6.20 Å². The number of aromatic nitrogens is 3. The van der Waals surface area contributed by atoms with E-state index in [9.17, 15) is 4.79 Å². The van der Waals surface area contributed by atoms with Crippen molar-refractivity contribution in [1.29, 1.82) is 0 Å². The molecule has 2 atom stereocenters. The van der Waals surface area contributed by atoms with Crippen LogP contribution in [-0.4, -0.2) is 37.0 Å². The Morgan fingerprint density at radius 1 is 0.897 bits per heavy atom. The highest BCUT2D eigenvalue weighted by Crippen LogP contribution is 2.39. The first-order chi connectivity index (χ1) is 19.2. The molecule has 5 aromatic rings. The number of rotatable bonds is 8. The Morgan fingerprint density at radius 3 is 2.51 bits per heavy atom. The first-order valence-corrected chi connectivity index (χ1v) is 13.4. The van der Waals surface area contributed by atoms with Crippen LogP contribution in [0.15, 0.2) is 110 Å². The van der Waals surface area contributed by atoms with Crippen molar-refractivity contribution in [3.63, 3.8) is 0 Å². The molecule has 2 aromatic carbocycles. The van der Waals surface area contributed by atoms with Crippen molar-refractivity contribution in [3.05, 3.63) is 127 Å². The second-order valence-corrected chi connectivity index (χ2v) is 9.91. The molecule has 194 valence electrons. The molecule has 0 unspecified atom stereocenters. The van der Waals surface area contributed by atoms with E-state index < -0.39 is 0 Å². The van der Waals surface area contributed by atoms with Crippen LogP contribution in [0.2, 0.25) is 0 Å². The van der Waals surface area contributed by atoms with Crippen LogP contribution in [0.1, 0.15) is 35.6 Å². The van der Waals surface area contributed by atoms with Gasteiger partial charge in [-0.15, -0.1) is 0 Å².